The minimum absolute atomic E-state index is 0.172. The van der Waals surface area contributed by atoms with Crippen LogP contribution in [0, 0.1) is 12.3 Å². The van der Waals surface area contributed by atoms with Crippen molar-refractivity contribution in [2.45, 2.75) is 51.9 Å². The molecule has 3 aliphatic rings. The van der Waals surface area contributed by atoms with E-state index >= 15 is 0 Å². The van der Waals surface area contributed by atoms with Gasteiger partial charge in [-0.3, -0.25) is 0 Å². The molecular weight excluding hydrogens is 681 g/mol. The number of rotatable bonds is 4. The third kappa shape index (κ3) is 7.85. The molecule has 3 aliphatic carbocycles. The number of fused-ring (bicyclic) bond motifs is 9. The molecule has 0 saturated carbocycles. The second-order valence-corrected chi connectivity index (χ2v) is 14.4. The molecule has 1 heterocycles. The van der Waals surface area contributed by atoms with Crippen LogP contribution in [0.5, 0.6) is 0 Å². The lowest BCUT2D eigenvalue weighted by Gasteiger charge is -2.38. The monoisotopic (exact) mass is 730 g/mol. The molecule has 56 heavy (non-hydrogen) atoms. The topological polar surface area (TPSA) is 49.0 Å². The largest absolute Gasteiger partial charge is 0.460 e. The van der Waals surface area contributed by atoms with Gasteiger partial charge in [-0.15, -0.1) is 0 Å². The smallest absolute Gasteiger partial charge is 0.135 e. The van der Waals surface area contributed by atoms with E-state index in [1.807, 2.05) is 18.2 Å². The molecule has 7 aromatic rings. The Hall–Kier alpha value is -6.45. The van der Waals surface area contributed by atoms with Crippen LogP contribution >= 0.6 is 0 Å². The van der Waals surface area contributed by atoms with Crippen molar-refractivity contribution in [1.29, 1.82) is 5.41 Å². The molecule has 3 heteroatoms. The SMILES string of the molecule is C1=CC2=C(CC1)c1ccccc1C1C=C(Nc3ccc(-c4ccc(-c5ccccc5)cc4)cc3)c3c(oc4ccccc34)C21.C=N.CCC.Cc1ccccc1. The lowest BCUT2D eigenvalue weighted by atomic mass is 9.65. The summed E-state index contributed by atoms with van der Waals surface area (Å²) in [5, 5.41) is 10.5. The van der Waals surface area contributed by atoms with Gasteiger partial charge in [-0.1, -0.05) is 184 Å². The van der Waals surface area contributed by atoms with Crippen LogP contribution < -0.4 is 5.32 Å². The molecule has 1 aromatic heterocycles. The molecule has 0 aliphatic heterocycles. The first-order valence-corrected chi connectivity index (χ1v) is 19.7. The van der Waals surface area contributed by atoms with Crippen molar-refractivity contribution in [1.82, 2.24) is 0 Å². The number of anilines is 1. The van der Waals surface area contributed by atoms with Crippen molar-refractivity contribution in [3.05, 3.63) is 210 Å². The molecule has 0 fully saturated rings. The van der Waals surface area contributed by atoms with Gasteiger partial charge in [0.05, 0.1) is 5.92 Å². The van der Waals surface area contributed by atoms with Crippen LogP contribution in [-0.4, -0.2) is 6.72 Å². The Morgan fingerprint density at radius 3 is 1.86 bits per heavy atom. The van der Waals surface area contributed by atoms with Gasteiger partial charge in [-0.2, -0.15) is 0 Å². The molecule has 0 radical (unpaired) electrons. The number of furan rings is 1. The van der Waals surface area contributed by atoms with Crippen molar-refractivity contribution in [2.75, 3.05) is 5.32 Å². The fourth-order valence-electron chi connectivity index (χ4n) is 8.04. The lowest BCUT2D eigenvalue weighted by Crippen LogP contribution is -2.24. The minimum Gasteiger partial charge on any atom is -0.460 e. The van der Waals surface area contributed by atoms with E-state index in [0.717, 1.165) is 41.0 Å². The molecule has 10 rings (SSSR count). The Kier molecular flexibility index (Phi) is 12.0. The van der Waals surface area contributed by atoms with Gasteiger partial charge >= 0.3 is 0 Å². The predicted octanol–water partition coefficient (Wildman–Crippen LogP) is 14.9. The van der Waals surface area contributed by atoms with Crippen molar-refractivity contribution < 1.29 is 4.42 Å². The number of hydrogen-bond acceptors (Lipinski definition) is 3. The third-order valence-electron chi connectivity index (χ3n) is 10.5. The second kappa shape index (κ2) is 17.8. The number of para-hydroxylation sites is 1. The maximum atomic E-state index is 6.76. The molecule has 6 aromatic carbocycles. The van der Waals surface area contributed by atoms with Gasteiger partial charge in [-0.25, -0.2) is 0 Å². The van der Waals surface area contributed by atoms with E-state index in [1.165, 1.54) is 62.1 Å². The normalized spacial score (nSPS) is 15.8. The summed E-state index contributed by atoms with van der Waals surface area (Å²) in [5.74, 6) is 1.45. The highest BCUT2D eigenvalue weighted by atomic mass is 16.3. The van der Waals surface area contributed by atoms with Gasteiger partial charge in [0, 0.05) is 28.3 Å². The highest BCUT2D eigenvalue weighted by Crippen LogP contribution is 2.57. The van der Waals surface area contributed by atoms with E-state index in [2.05, 4.69) is 191 Å². The van der Waals surface area contributed by atoms with Crippen molar-refractivity contribution in [3.8, 4) is 22.3 Å². The summed E-state index contributed by atoms with van der Waals surface area (Å²) in [5.41, 5.74) is 16.2. The Labute approximate surface area is 332 Å². The van der Waals surface area contributed by atoms with E-state index < -0.39 is 0 Å². The Balaban J connectivity index is 0.000000351. The molecule has 0 amide bonds. The lowest BCUT2D eigenvalue weighted by molar-refractivity contribution is 0.491. The molecule has 278 valence electrons. The molecular formula is C53H50N2O. The summed E-state index contributed by atoms with van der Waals surface area (Å²) in [4.78, 5) is 0. The number of aryl methyl sites for hydroxylation is 1. The fraction of sp³-hybridized carbons (Fsp3) is 0.151. The zero-order valence-corrected chi connectivity index (χ0v) is 32.6. The van der Waals surface area contributed by atoms with Crippen molar-refractivity contribution in [2.24, 2.45) is 0 Å². The summed E-state index contributed by atoms with van der Waals surface area (Å²) in [6, 6.07) is 55.9. The summed E-state index contributed by atoms with van der Waals surface area (Å²) in [6.07, 6.45) is 10.6. The summed E-state index contributed by atoms with van der Waals surface area (Å²) in [7, 11) is 0. The quantitative estimate of drug-likeness (QED) is 0.177. The maximum absolute atomic E-state index is 6.76. The average Bonchev–Trinajstić information content (AvgIpc) is 3.66. The van der Waals surface area contributed by atoms with Crippen LogP contribution in [-0.2, 0) is 0 Å². The van der Waals surface area contributed by atoms with Crippen LogP contribution in [0.1, 0.15) is 73.0 Å². The molecule has 2 N–H and O–H groups in total. The van der Waals surface area contributed by atoms with Crippen molar-refractivity contribution >= 4 is 34.6 Å². The second-order valence-electron chi connectivity index (χ2n) is 14.4. The van der Waals surface area contributed by atoms with Gasteiger partial charge in [0.15, 0.2) is 0 Å². The molecule has 2 atom stereocenters. The van der Waals surface area contributed by atoms with E-state index in [9.17, 15) is 0 Å². The molecule has 0 saturated heterocycles. The van der Waals surface area contributed by atoms with Gasteiger partial charge in [0.25, 0.3) is 0 Å². The molecule has 0 spiro atoms. The van der Waals surface area contributed by atoms with E-state index in [-0.39, 0.29) is 11.8 Å². The van der Waals surface area contributed by atoms with Crippen LogP contribution in [0.2, 0.25) is 0 Å². The highest BCUT2D eigenvalue weighted by molar-refractivity contribution is 5.98. The zero-order valence-electron chi connectivity index (χ0n) is 32.6. The number of benzene rings is 6. The number of allylic oxidation sites excluding steroid dienone is 5. The average molecular weight is 731 g/mol. The first kappa shape index (κ1) is 37.8. The first-order valence-electron chi connectivity index (χ1n) is 19.7. The number of nitrogens with one attached hydrogen (secondary N) is 2. The van der Waals surface area contributed by atoms with Gasteiger partial charge < -0.3 is 15.1 Å². The minimum atomic E-state index is 0.172. The van der Waals surface area contributed by atoms with Gasteiger partial charge in [-0.05, 0) is 89.2 Å². The van der Waals surface area contributed by atoms with E-state index in [4.69, 9.17) is 9.83 Å². The Morgan fingerprint density at radius 1 is 0.661 bits per heavy atom. The van der Waals surface area contributed by atoms with Crippen LogP contribution in [0.25, 0.3) is 44.5 Å². The molecule has 3 nitrogen and oxygen atoms in total. The zero-order chi connectivity index (χ0) is 38.9. The van der Waals surface area contributed by atoms with E-state index in [1.54, 1.807) is 0 Å². The first-order chi connectivity index (χ1) is 27.6. The van der Waals surface area contributed by atoms with Gasteiger partial charge in [0.1, 0.15) is 11.3 Å². The highest BCUT2D eigenvalue weighted by Gasteiger charge is 2.42. The summed E-state index contributed by atoms with van der Waals surface area (Å²) < 4.78 is 6.76. The van der Waals surface area contributed by atoms with Crippen LogP contribution in [0.3, 0.4) is 0 Å². The predicted molar refractivity (Wildman–Crippen MR) is 239 cm³/mol. The van der Waals surface area contributed by atoms with Crippen LogP contribution in [0.4, 0.5) is 5.69 Å². The Morgan fingerprint density at radius 2 is 1.21 bits per heavy atom. The summed E-state index contributed by atoms with van der Waals surface area (Å²) in [6.45, 7) is 8.83. The maximum Gasteiger partial charge on any atom is 0.135 e. The number of hydrogen-bond donors (Lipinski definition) is 2. The fourth-order valence-corrected chi connectivity index (χ4v) is 8.04. The standard InChI is InChI=1S/C42H31NO.C7H8.C3H8.CH3N/c1-2-10-27(11-3-1)28-18-20-29(21-19-28)30-22-24-31(25-23-30)43-38-26-37-34-14-5-4-12-32(34)33-13-6-7-15-35(33)40(37)42-41(38)36-16-8-9-17-39(36)44-42;1-7-5-3-2-4-6-7;1-3-2;1-2/h1-5,7-12,14-26,37,40,43H,6,13H2;2-6H,1H3;3H2,1-2H3;2H,1H2. The summed E-state index contributed by atoms with van der Waals surface area (Å²) >= 11 is 0. The van der Waals surface area contributed by atoms with Crippen molar-refractivity contribution in [3.63, 3.8) is 0 Å². The van der Waals surface area contributed by atoms with Crippen LogP contribution in [0.15, 0.2) is 186 Å². The third-order valence-corrected chi connectivity index (χ3v) is 10.5. The van der Waals surface area contributed by atoms with Gasteiger partial charge in [0.2, 0.25) is 0 Å². The Bertz CT molecular complexity index is 2470. The molecule has 0 bridgehead atoms. The molecule has 2 unspecified atom stereocenters. The van der Waals surface area contributed by atoms with E-state index in [0.29, 0.717) is 0 Å².